The summed E-state index contributed by atoms with van der Waals surface area (Å²) in [7, 11) is 0.559. The van der Waals surface area contributed by atoms with Gasteiger partial charge in [-0.3, -0.25) is 9.19 Å². The van der Waals surface area contributed by atoms with Gasteiger partial charge < -0.3 is 4.84 Å². The second-order valence-corrected chi connectivity index (χ2v) is 5.64. The molecule has 2 aromatic heterocycles. The van der Waals surface area contributed by atoms with Gasteiger partial charge in [0, 0.05) is 39.9 Å². The Morgan fingerprint density at radius 2 is 2.15 bits per heavy atom. The zero-order valence-electron chi connectivity index (χ0n) is 11.1. The topological polar surface area (TPSA) is 57.0 Å². The van der Waals surface area contributed by atoms with Gasteiger partial charge in [0.1, 0.15) is 12.6 Å². The van der Waals surface area contributed by atoms with Crippen molar-refractivity contribution in [3.05, 3.63) is 42.7 Å². The predicted octanol–water partition coefficient (Wildman–Crippen LogP) is 1.89. The average molecular weight is 287 g/mol. The van der Waals surface area contributed by atoms with E-state index >= 15 is 0 Å². The second-order valence-electron chi connectivity index (χ2n) is 4.26. The van der Waals surface area contributed by atoms with Gasteiger partial charge in [-0.1, -0.05) is 0 Å². The quantitative estimate of drug-likeness (QED) is 0.738. The van der Waals surface area contributed by atoms with Crippen LogP contribution in [0.2, 0.25) is 0 Å². The van der Waals surface area contributed by atoms with E-state index in [1.807, 2.05) is 30.3 Å². The van der Waals surface area contributed by atoms with Crippen LogP contribution in [0.1, 0.15) is 0 Å². The molecule has 0 saturated heterocycles. The van der Waals surface area contributed by atoms with E-state index in [9.17, 15) is 4.21 Å². The lowest BCUT2D eigenvalue weighted by atomic mass is 10.3. The fourth-order valence-corrected chi connectivity index (χ4v) is 2.62. The van der Waals surface area contributed by atoms with Gasteiger partial charge in [-0.15, -0.1) is 0 Å². The summed E-state index contributed by atoms with van der Waals surface area (Å²) in [5.74, 6) is 0.676. The predicted molar refractivity (Wildman–Crippen MR) is 77.8 cm³/mol. The Hall–Kier alpha value is -2.21. The molecule has 2 heterocycles. The Bertz CT molecular complexity index is 784. The summed E-state index contributed by atoms with van der Waals surface area (Å²) in [5.41, 5.74) is 2.45. The summed E-state index contributed by atoms with van der Waals surface area (Å²) in [6.45, 7) is 0. The van der Waals surface area contributed by atoms with Crippen LogP contribution in [0.3, 0.4) is 0 Å². The van der Waals surface area contributed by atoms with Crippen molar-refractivity contribution in [1.29, 1.82) is 0 Å². The number of rotatable bonds is 3. The first-order chi connectivity index (χ1) is 9.70. The second kappa shape index (κ2) is 5.05. The molecule has 3 aromatic rings. The van der Waals surface area contributed by atoms with Gasteiger partial charge in [0.05, 0.1) is 5.52 Å². The summed E-state index contributed by atoms with van der Waals surface area (Å²) in [4.78, 5) is 14.8. The molecule has 102 valence electrons. The van der Waals surface area contributed by atoms with Gasteiger partial charge in [-0.25, -0.2) is 4.98 Å². The van der Waals surface area contributed by atoms with Gasteiger partial charge in [0.25, 0.3) is 0 Å². The monoisotopic (exact) mass is 287 g/mol. The molecule has 3 rings (SSSR count). The highest BCUT2D eigenvalue weighted by Gasteiger charge is 2.14. The minimum atomic E-state index is -1.03. The number of fused-ring (bicyclic) bond motifs is 1. The van der Waals surface area contributed by atoms with Crippen LogP contribution in [0.25, 0.3) is 22.4 Å². The summed E-state index contributed by atoms with van der Waals surface area (Å²) < 4.78 is 13.2. The van der Waals surface area contributed by atoms with E-state index < -0.39 is 10.8 Å². The maximum absolute atomic E-state index is 11.6. The lowest BCUT2D eigenvalue weighted by Crippen LogP contribution is -2.07. The molecular formula is C14H13N3O2S. The number of hydrogen-bond donors (Lipinski definition) is 0. The Balaban J connectivity index is 2.25. The highest BCUT2D eigenvalue weighted by atomic mass is 32.2. The van der Waals surface area contributed by atoms with Crippen LogP contribution < -0.4 is 4.84 Å². The number of benzene rings is 1. The molecule has 0 bridgehead atoms. The van der Waals surface area contributed by atoms with Crippen LogP contribution in [-0.2, 0) is 10.8 Å². The molecule has 6 heteroatoms. The highest BCUT2D eigenvalue weighted by Crippen LogP contribution is 2.24. The number of hydrogen-bond acceptors (Lipinski definition) is 4. The van der Waals surface area contributed by atoms with Crippen LogP contribution in [0, 0.1) is 0 Å². The highest BCUT2D eigenvalue weighted by molar-refractivity contribution is 7.84. The molecule has 0 aliphatic carbocycles. The van der Waals surface area contributed by atoms with Crippen molar-refractivity contribution in [3.63, 3.8) is 0 Å². The minimum absolute atomic E-state index is 0.676. The first-order valence-electron chi connectivity index (χ1n) is 6.01. The Morgan fingerprint density at radius 1 is 1.30 bits per heavy atom. The van der Waals surface area contributed by atoms with Crippen molar-refractivity contribution in [2.45, 2.75) is 4.90 Å². The molecule has 0 spiro atoms. The standard InChI is InChI=1S/C14H13N3O2S/c1-19-17-13-6-5-11(20(2)18)8-12(13)16-14(17)10-4-3-7-15-9-10/h3-9H,1-2H3. The van der Waals surface area contributed by atoms with Crippen molar-refractivity contribution in [1.82, 2.24) is 14.7 Å². The number of aromatic nitrogens is 3. The molecule has 1 unspecified atom stereocenters. The summed E-state index contributed by atoms with van der Waals surface area (Å²) in [6, 6.07) is 9.27. The molecule has 0 fully saturated rings. The maximum atomic E-state index is 11.6. The summed E-state index contributed by atoms with van der Waals surface area (Å²) in [6.07, 6.45) is 5.09. The van der Waals surface area contributed by atoms with E-state index in [1.165, 1.54) is 0 Å². The molecule has 0 aliphatic heterocycles. The van der Waals surface area contributed by atoms with Crippen molar-refractivity contribution in [2.24, 2.45) is 0 Å². The lowest BCUT2D eigenvalue weighted by molar-refractivity contribution is 0.182. The van der Waals surface area contributed by atoms with Gasteiger partial charge >= 0.3 is 0 Å². The molecular weight excluding hydrogens is 274 g/mol. The normalized spacial score (nSPS) is 12.5. The van der Waals surface area contributed by atoms with Crippen LogP contribution in [0.15, 0.2) is 47.6 Å². The summed E-state index contributed by atoms with van der Waals surface area (Å²) >= 11 is 0. The van der Waals surface area contributed by atoms with E-state index in [1.54, 1.807) is 30.5 Å². The van der Waals surface area contributed by atoms with E-state index in [2.05, 4.69) is 9.97 Å². The van der Waals surface area contributed by atoms with Crippen LogP contribution in [0.4, 0.5) is 0 Å². The fraction of sp³-hybridized carbons (Fsp3) is 0.143. The molecule has 5 nitrogen and oxygen atoms in total. The smallest absolute Gasteiger partial charge is 0.178 e. The van der Waals surface area contributed by atoms with Crippen molar-refractivity contribution >= 4 is 21.8 Å². The third-order valence-electron chi connectivity index (χ3n) is 3.02. The molecule has 0 radical (unpaired) electrons. The third-order valence-corrected chi connectivity index (χ3v) is 3.94. The Labute approximate surface area is 118 Å². The minimum Gasteiger partial charge on any atom is -0.415 e. The largest absolute Gasteiger partial charge is 0.415 e. The van der Waals surface area contributed by atoms with E-state index in [-0.39, 0.29) is 0 Å². The number of pyridine rings is 1. The van der Waals surface area contributed by atoms with Gasteiger partial charge in [-0.05, 0) is 30.3 Å². The first-order valence-corrected chi connectivity index (χ1v) is 7.57. The van der Waals surface area contributed by atoms with Gasteiger partial charge in [0.2, 0.25) is 0 Å². The number of imidazole rings is 1. The molecule has 0 amide bonds. The van der Waals surface area contributed by atoms with Crippen molar-refractivity contribution < 1.29 is 9.05 Å². The molecule has 0 aliphatic rings. The zero-order chi connectivity index (χ0) is 14.1. The lowest BCUT2D eigenvalue weighted by Gasteiger charge is -2.06. The molecule has 20 heavy (non-hydrogen) atoms. The van der Waals surface area contributed by atoms with Gasteiger partial charge in [-0.2, -0.15) is 4.73 Å². The van der Waals surface area contributed by atoms with Crippen LogP contribution in [0.5, 0.6) is 0 Å². The van der Waals surface area contributed by atoms with Crippen molar-refractivity contribution in [3.8, 4) is 11.4 Å². The Morgan fingerprint density at radius 3 is 2.80 bits per heavy atom. The Kier molecular flexibility index (Phi) is 3.23. The van der Waals surface area contributed by atoms with E-state index in [4.69, 9.17) is 4.84 Å². The number of nitrogens with zero attached hydrogens (tertiary/aromatic N) is 3. The van der Waals surface area contributed by atoms with E-state index in [0.717, 1.165) is 21.5 Å². The fourth-order valence-electron chi connectivity index (χ4n) is 2.08. The van der Waals surface area contributed by atoms with E-state index in [0.29, 0.717) is 5.82 Å². The van der Waals surface area contributed by atoms with Crippen LogP contribution in [-0.4, -0.2) is 32.3 Å². The zero-order valence-corrected chi connectivity index (χ0v) is 11.9. The summed E-state index contributed by atoms with van der Waals surface area (Å²) in [5, 5.41) is 0. The molecule has 1 aromatic carbocycles. The van der Waals surface area contributed by atoms with Crippen LogP contribution >= 0.6 is 0 Å². The molecule has 1 atom stereocenters. The van der Waals surface area contributed by atoms with Gasteiger partial charge in [0.15, 0.2) is 5.82 Å². The van der Waals surface area contributed by atoms with Crippen molar-refractivity contribution in [2.75, 3.05) is 13.4 Å². The molecule has 0 N–H and O–H groups in total. The maximum Gasteiger partial charge on any atom is 0.178 e. The first kappa shape index (κ1) is 12.8. The third kappa shape index (κ3) is 2.08. The SMILES string of the molecule is COn1c(-c2cccnc2)nc2cc(S(C)=O)ccc21. The average Bonchev–Trinajstić information content (AvgIpc) is 2.85. The molecule has 0 saturated carbocycles.